The molecule has 0 bridgehead atoms. The molecule has 0 aliphatic carbocycles. The average Bonchev–Trinajstić information content (AvgIpc) is 2.54. The molecule has 7 heteroatoms. The molecule has 0 spiro atoms. The first-order valence-electron chi connectivity index (χ1n) is 6.77. The highest BCUT2D eigenvalue weighted by Gasteiger charge is 2.14. The van der Waals surface area contributed by atoms with Crippen LogP contribution in [-0.2, 0) is 9.84 Å². The van der Waals surface area contributed by atoms with Gasteiger partial charge in [-0.15, -0.1) is 0 Å². The summed E-state index contributed by atoms with van der Waals surface area (Å²) in [6.07, 6.45) is 0. The zero-order valence-electron chi connectivity index (χ0n) is 12.3. The van der Waals surface area contributed by atoms with E-state index in [-0.39, 0.29) is 22.0 Å². The minimum Gasteiger partial charge on any atom is -0.482 e. The van der Waals surface area contributed by atoms with Crippen molar-refractivity contribution in [2.75, 3.05) is 12.4 Å². The average molecular weight is 340 g/mol. The number of benzene rings is 2. The molecule has 0 atom stereocenters. The van der Waals surface area contributed by atoms with Crippen molar-refractivity contribution in [3.8, 4) is 5.75 Å². The van der Waals surface area contributed by atoms with E-state index in [1.807, 2.05) is 0 Å². The second-order valence-corrected chi connectivity index (χ2v) is 6.99. The Morgan fingerprint density at radius 1 is 1.09 bits per heavy atom. The number of sulfone groups is 1. The second kappa shape index (κ2) is 6.87. The molecule has 0 saturated heterocycles. The fourth-order valence-corrected chi connectivity index (χ4v) is 2.72. The van der Waals surface area contributed by atoms with Gasteiger partial charge in [0.2, 0.25) is 0 Å². The van der Waals surface area contributed by atoms with Gasteiger partial charge in [0.15, 0.2) is 33.8 Å². The Hall–Kier alpha value is -2.28. The van der Waals surface area contributed by atoms with E-state index in [0.29, 0.717) is 6.07 Å². The van der Waals surface area contributed by atoms with Crippen LogP contribution in [0.5, 0.6) is 5.75 Å². The van der Waals surface area contributed by atoms with Crippen molar-refractivity contribution in [1.29, 1.82) is 0 Å². The molecule has 23 heavy (non-hydrogen) atoms. The first-order chi connectivity index (χ1) is 10.8. The molecule has 2 rings (SSSR count). The lowest BCUT2D eigenvalue weighted by Gasteiger charge is -2.07. The lowest BCUT2D eigenvalue weighted by molar-refractivity contribution is 0.0918. The van der Waals surface area contributed by atoms with E-state index < -0.39 is 33.9 Å². The van der Waals surface area contributed by atoms with E-state index in [2.05, 4.69) is 0 Å². The van der Waals surface area contributed by atoms with Gasteiger partial charge in [-0.05, 0) is 36.4 Å². The number of hydrogen-bond donors (Lipinski definition) is 0. The Bertz CT molecular complexity index is 814. The molecule has 0 aliphatic heterocycles. The predicted molar refractivity (Wildman–Crippen MR) is 80.4 cm³/mol. The molecule has 0 N–H and O–H groups in total. The van der Waals surface area contributed by atoms with Crippen molar-refractivity contribution >= 4 is 15.6 Å². The molecule has 0 amide bonds. The Labute approximate surface area is 132 Å². The maximum Gasteiger partial charge on any atom is 0.200 e. The summed E-state index contributed by atoms with van der Waals surface area (Å²) in [5.41, 5.74) is 0.238. The third-order valence-electron chi connectivity index (χ3n) is 3.17. The molecular weight excluding hydrogens is 326 g/mol. The maximum atomic E-state index is 13.4. The van der Waals surface area contributed by atoms with Crippen LogP contribution in [-0.4, -0.2) is 26.6 Å². The predicted octanol–water partition coefficient (Wildman–Crippen LogP) is 3.02. The number of halogens is 2. The van der Waals surface area contributed by atoms with Crippen LogP contribution >= 0.6 is 0 Å². The van der Waals surface area contributed by atoms with Crippen LogP contribution in [0.3, 0.4) is 0 Å². The minimum absolute atomic E-state index is 0.0345. The van der Waals surface area contributed by atoms with E-state index in [9.17, 15) is 22.0 Å². The number of carbonyl (C=O) groups is 1. The summed E-state index contributed by atoms with van der Waals surface area (Å²) in [7, 11) is -3.33. The van der Waals surface area contributed by atoms with Crippen molar-refractivity contribution in [2.45, 2.75) is 11.8 Å². The van der Waals surface area contributed by atoms with Crippen molar-refractivity contribution in [1.82, 2.24) is 0 Å². The van der Waals surface area contributed by atoms with Gasteiger partial charge in [0, 0.05) is 11.6 Å². The lowest BCUT2D eigenvalue weighted by Crippen LogP contribution is -2.12. The molecule has 2 aromatic carbocycles. The first-order valence-corrected chi connectivity index (χ1v) is 8.42. The Morgan fingerprint density at radius 2 is 1.74 bits per heavy atom. The van der Waals surface area contributed by atoms with Gasteiger partial charge in [0.05, 0.1) is 10.6 Å². The summed E-state index contributed by atoms with van der Waals surface area (Å²) >= 11 is 0. The highest BCUT2D eigenvalue weighted by atomic mass is 32.2. The van der Waals surface area contributed by atoms with Crippen molar-refractivity contribution < 1.29 is 26.7 Å². The number of carbonyl (C=O) groups excluding carboxylic acids is 1. The van der Waals surface area contributed by atoms with Gasteiger partial charge in [-0.25, -0.2) is 17.2 Å². The van der Waals surface area contributed by atoms with Crippen LogP contribution < -0.4 is 4.74 Å². The summed E-state index contributed by atoms with van der Waals surface area (Å²) in [6, 6.07) is 8.19. The second-order valence-electron chi connectivity index (χ2n) is 4.71. The normalized spacial score (nSPS) is 11.3. The van der Waals surface area contributed by atoms with Crippen molar-refractivity contribution in [2.24, 2.45) is 0 Å². The highest BCUT2D eigenvalue weighted by Crippen LogP contribution is 2.18. The zero-order valence-corrected chi connectivity index (χ0v) is 13.1. The summed E-state index contributed by atoms with van der Waals surface area (Å²) in [6.45, 7) is 1.09. The largest absolute Gasteiger partial charge is 0.482 e. The standard InChI is InChI=1S/C16H14F2O4S/c1-2-23(20,21)13-6-3-11(4-7-13)15(19)10-22-16-8-5-12(17)9-14(16)18/h3-9H,2,10H2,1H3. The van der Waals surface area contributed by atoms with Crippen LogP contribution in [0.15, 0.2) is 47.4 Å². The van der Waals surface area contributed by atoms with Crippen LogP contribution in [0, 0.1) is 11.6 Å². The van der Waals surface area contributed by atoms with Crippen molar-refractivity contribution in [3.63, 3.8) is 0 Å². The van der Waals surface area contributed by atoms with E-state index in [1.54, 1.807) is 0 Å². The molecule has 2 aromatic rings. The molecule has 122 valence electrons. The molecule has 0 aromatic heterocycles. The molecule has 0 aliphatic rings. The van der Waals surface area contributed by atoms with Crippen LogP contribution in [0.2, 0.25) is 0 Å². The van der Waals surface area contributed by atoms with E-state index in [4.69, 9.17) is 4.74 Å². The van der Waals surface area contributed by atoms with Gasteiger partial charge in [-0.2, -0.15) is 0 Å². The Morgan fingerprint density at radius 3 is 2.30 bits per heavy atom. The number of hydrogen-bond acceptors (Lipinski definition) is 4. The monoisotopic (exact) mass is 340 g/mol. The molecule has 0 heterocycles. The molecule has 0 radical (unpaired) electrons. The smallest absolute Gasteiger partial charge is 0.200 e. The maximum absolute atomic E-state index is 13.4. The summed E-state index contributed by atoms with van der Waals surface area (Å²) in [4.78, 5) is 12.1. The van der Waals surface area contributed by atoms with Crippen molar-refractivity contribution in [3.05, 3.63) is 59.7 Å². The minimum atomic E-state index is -3.33. The third-order valence-corrected chi connectivity index (χ3v) is 4.92. The lowest BCUT2D eigenvalue weighted by atomic mass is 10.1. The van der Waals surface area contributed by atoms with Gasteiger partial charge >= 0.3 is 0 Å². The van der Waals surface area contributed by atoms with Crippen LogP contribution in [0.25, 0.3) is 0 Å². The van der Waals surface area contributed by atoms with Gasteiger partial charge < -0.3 is 4.74 Å². The van der Waals surface area contributed by atoms with Gasteiger partial charge in [0.1, 0.15) is 5.82 Å². The zero-order chi connectivity index (χ0) is 17.0. The number of rotatable bonds is 6. The molecule has 0 fully saturated rings. The Balaban J connectivity index is 2.06. The number of ketones is 1. The molecular formula is C16H14F2O4S. The number of Topliss-reactive ketones (excluding diaryl/α,β-unsaturated/α-hetero) is 1. The Kier molecular flexibility index (Phi) is 5.10. The fraction of sp³-hybridized carbons (Fsp3) is 0.188. The van der Waals surface area contributed by atoms with Gasteiger partial charge in [-0.3, -0.25) is 4.79 Å². The van der Waals surface area contributed by atoms with E-state index >= 15 is 0 Å². The molecule has 4 nitrogen and oxygen atoms in total. The number of ether oxygens (including phenoxy) is 1. The van der Waals surface area contributed by atoms with Crippen LogP contribution in [0.1, 0.15) is 17.3 Å². The van der Waals surface area contributed by atoms with Gasteiger partial charge in [-0.1, -0.05) is 6.92 Å². The SMILES string of the molecule is CCS(=O)(=O)c1ccc(C(=O)COc2ccc(F)cc2F)cc1. The first kappa shape index (κ1) is 17.1. The molecule has 0 saturated carbocycles. The molecule has 0 unspecified atom stereocenters. The fourth-order valence-electron chi connectivity index (χ4n) is 1.83. The highest BCUT2D eigenvalue weighted by molar-refractivity contribution is 7.91. The van der Waals surface area contributed by atoms with E-state index in [1.165, 1.54) is 31.2 Å². The third kappa shape index (κ3) is 4.13. The summed E-state index contributed by atoms with van der Waals surface area (Å²) < 4.78 is 54.5. The summed E-state index contributed by atoms with van der Waals surface area (Å²) in [5.74, 6) is -2.36. The summed E-state index contributed by atoms with van der Waals surface area (Å²) in [5, 5.41) is 0. The van der Waals surface area contributed by atoms with Crippen LogP contribution in [0.4, 0.5) is 8.78 Å². The van der Waals surface area contributed by atoms with E-state index in [0.717, 1.165) is 12.1 Å². The topological polar surface area (TPSA) is 60.4 Å². The van der Waals surface area contributed by atoms with Gasteiger partial charge in [0.25, 0.3) is 0 Å². The quantitative estimate of drug-likeness (QED) is 0.759.